The van der Waals surface area contributed by atoms with Crippen LogP contribution < -0.4 is 5.32 Å². The van der Waals surface area contributed by atoms with E-state index in [4.69, 9.17) is 16.7 Å². The number of rotatable bonds is 4. The Balaban J connectivity index is 1.76. The lowest BCUT2D eigenvalue weighted by Crippen LogP contribution is -2.52. The second-order valence-electron chi connectivity index (χ2n) is 4.53. The summed E-state index contributed by atoms with van der Waals surface area (Å²) in [6.45, 7) is 1.44. The van der Waals surface area contributed by atoms with Gasteiger partial charge in [-0.25, -0.2) is 4.79 Å². The van der Waals surface area contributed by atoms with E-state index in [-0.39, 0.29) is 19.0 Å². The molecule has 1 heterocycles. The number of nitrogens with zero attached hydrogens (tertiary/aromatic N) is 1. The number of aliphatic carboxylic acids is 1. The van der Waals surface area contributed by atoms with Gasteiger partial charge in [0.15, 0.2) is 0 Å². The quantitative estimate of drug-likeness (QED) is 0.886. The summed E-state index contributed by atoms with van der Waals surface area (Å²) in [7, 11) is 0. The minimum absolute atomic E-state index is 0.0582. The first-order chi connectivity index (χ1) is 9.06. The molecule has 0 saturated carbocycles. The van der Waals surface area contributed by atoms with Gasteiger partial charge in [0.2, 0.25) is 0 Å². The van der Waals surface area contributed by atoms with Crippen LogP contribution in [-0.2, 0) is 4.79 Å². The summed E-state index contributed by atoms with van der Waals surface area (Å²) in [5, 5.41) is 11.8. The average Bonchev–Trinajstić information content (AvgIpc) is 2.26. The Kier molecular flexibility index (Phi) is 4.27. The number of carbonyl (C=O) groups is 2. The highest BCUT2D eigenvalue weighted by Crippen LogP contribution is 2.28. The molecule has 0 aromatic heterocycles. The molecule has 1 aromatic carbocycles. The topological polar surface area (TPSA) is 69.6 Å². The van der Waals surface area contributed by atoms with Crippen molar-refractivity contribution in [2.75, 3.05) is 19.6 Å². The van der Waals surface area contributed by atoms with Gasteiger partial charge in [-0.2, -0.15) is 0 Å². The second-order valence-corrected chi connectivity index (χ2v) is 4.97. The summed E-state index contributed by atoms with van der Waals surface area (Å²) in [6.07, 6.45) is -0.0582. The Labute approximate surface area is 116 Å². The summed E-state index contributed by atoms with van der Waals surface area (Å²) in [4.78, 5) is 23.6. The summed E-state index contributed by atoms with van der Waals surface area (Å²) < 4.78 is 0. The van der Waals surface area contributed by atoms with Gasteiger partial charge in [-0.15, -0.1) is 0 Å². The maximum absolute atomic E-state index is 11.6. The van der Waals surface area contributed by atoms with Gasteiger partial charge in [-0.3, -0.25) is 4.79 Å². The number of likely N-dealkylation sites (tertiary alicyclic amines) is 1. The summed E-state index contributed by atoms with van der Waals surface area (Å²) in [5.41, 5.74) is 1.13. The third-order valence-corrected chi connectivity index (χ3v) is 3.34. The Morgan fingerprint density at radius 1 is 1.42 bits per heavy atom. The lowest BCUT2D eigenvalue weighted by atomic mass is 9.92. The highest BCUT2D eigenvalue weighted by atomic mass is 35.5. The van der Waals surface area contributed by atoms with Gasteiger partial charge in [0, 0.05) is 30.6 Å². The second kappa shape index (κ2) is 5.93. The van der Waals surface area contributed by atoms with Crippen LogP contribution >= 0.6 is 11.6 Å². The Hall–Kier alpha value is -1.75. The zero-order chi connectivity index (χ0) is 13.8. The highest BCUT2D eigenvalue weighted by Gasteiger charge is 2.31. The molecule has 2 amide bonds. The first kappa shape index (κ1) is 13.7. The zero-order valence-corrected chi connectivity index (χ0v) is 11.1. The van der Waals surface area contributed by atoms with Crippen molar-refractivity contribution in [3.8, 4) is 0 Å². The average molecular weight is 283 g/mol. The van der Waals surface area contributed by atoms with E-state index >= 15 is 0 Å². The molecule has 0 atom stereocenters. The molecule has 1 saturated heterocycles. The van der Waals surface area contributed by atoms with E-state index in [0.717, 1.165) is 5.56 Å². The van der Waals surface area contributed by atoms with Crippen molar-refractivity contribution < 1.29 is 14.7 Å². The van der Waals surface area contributed by atoms with Gasteiger partial charge in [-0.1, -0.05) is 23.7 Å². The van der Waals surface area contributed by atoms with Gasteiger partial charge in [0.05, 0.1) is 6.42 Å². The van der Waals surface area contributed by atoms with Crippen LogP contribution in [0.1, 0.15) is 17.9 Å². The molecule has 0 aliphatic carbocycles. The number of nitrogens with one attached hydrogen (secondary N) is 1. The van der Waals surface area contributed by atoms with Crippen molar-refractivity contribution in [1.29, 1.82) is 0 Å². The summed E-state index contributed by atoms with van der Waals surface area (Å²) >= 11 is 5.92. The lowest BCUT2D eigenvalue weighted by Gasteiger charge is -2.39. The van der Waals surface area contributed by atoms with E-state index in [1.54, 1.807) is 4.90 Å². The number of urea groups is 1. The van der Waals surface area contributed by atoms with Crippen LogP contribution in [0.4, 0.5) is 4.79 Å². The van der Waals surface area contributed by atoms with Crippen LogP contribution in [0.3, 0.4) is 0 Å². The Bertz CT molecular complexity index is 487. The molecular weight excluding hydrogens is 268 g/mol. The van der Waals surface area contributed by atoms with Gasteiger partial charge < -0.3 is 15.3 Å². The van der Waals surface area contributed by atoms with Crippen LogP contribution in [0.25, 0.3) is 0 Å². The first-order valence-electron chi connectivity index (χ1n) is 6.06. The fraction of sp³-hybridized carbons (Fsp3) is 0.385. The number of benzene rings is 1. The molecule has 19 heavy (non-hydrogen) atoms. The van der Waals surface area contributed by atoms with Crippen LogP contribution in [0.5, 0.6) is 0 Å². The van der Waals surface area contributed by atoms with E-state index in [0.29, 0.717) is 24.0 Å². The number of carboxylic acids is 1. The van der Waals surface area contributed by atoms with Crippen LogP contribution in [0.2, 0.25) is 5.02 Å². The fourth-order valence-corrected chi connectivity index (χ4v) is 2.20. The van der Waals surface area contributed by atoms with Crippen molar-refractivity contribution in [3.63, 3.8) is 0 Å². The number of halogens is 1. The minimum Gasteiger partial charge on any atom is -0.481 e. The lowest BCUT2D eigenvalue weighted by molar-refractivity contribution is -0.136. The van der Waals surface area contributed by atoms with Crippen molar-refractivity contribution in [3.05, 3.63) is 34.9 Å². The third-order valence-electron chi connectivity index (χ3n) is 3.10. The predicted molar refractivity (Wildman–Crippen MR) is 71.4 cm³/mol. The number of hydrogen-bond donors (Lipinski definition) is 2. The predicted octanol–water partition coefficient (Wildman–Crippen LogP) is 1.92. The van der Waals surface area contributed by atoms with E-state index < -0.39 is 5.97 Å². The molecule has 1 aliphatic heterocycles. The van der Waals surface area contributed by atoms with Gasteiger partial charge in [0.25, 0.3) is 0 Å². The Morgan fingerprint density at radius 2 is 2.16 bits per heavy atom. The van der Waals surface area contributed by atoms with E-state index in [1.807, 2.05) is 24.3 Å². The molecule has 0 bridgehead atoms. The van der Waals surface area contributed by atoms with Crippen molar-refractivity contribution in [1.82, 2.24) is 10.2 Å². The smallest absolute Gasteiger partial charge is 0.317 e. The number of amides is 2. The molecule has 2 rings (SSSR count). The Morgan fingerprint density at radius 3 is 2.79 bits per heavy atom. The molecule has 0 unspecified atom stereocenters. The van der Waals surface area contributed by atoms with Gasteiger partial charge in [0.1, 0.15) is 0 Å². The maximum Gasteiger partial charge on any atom is 0.317 e. The van der Waals surface area contributed by atoms with Crippen LogP contribution in [0, 0.1) is 0 Å². The third kappa shape index (κ3) is 3.61. The van der Waals surface area contributed by atoms with E-state index in [9.17, 15) is 9.59 Å². The maximum atomic E-state index is 11.6. The minimum atomic E-state index is -0.916. The van der Waals surface area contributed by atoms with Crippen LogP contribution in [-0.4, -0.2) is 41.6 Å². The molecule has 1 aliphatic rings. The highest BCUT2D eigenvalue weighted by molar-refractivity contribution is 6.30. The molecule has 2 N–H and O–H groups in total. The fourth-order valence-electron chi connectivity index (χ4n) is 2.00. The largest absolute Gasteiger partial charge is 0.481 e. The van der Waals surface area contributed by atoms with Crippen molar-refractivity contribution in [2.45, 2.75) is 12.3 Å². The SMILES string of the molecule is O=C(O)CCNC(=O)N1CC(c2cccc(Cl)c2)C1. The normalized spacial score (nSPS) is 14.9. The monoisotopic (exact) mass is 282 g/mol. The number of carboxylic acid groups (broad SMARTS) is 1. The van der Waals surface area contributed by atoms with Gasteiger partial charge >= 0.3 is 12.0 Å². The van der Waals surface area contributed by atoms with E-state index in [1.165, 1.54) is 0 Å². The standard InChI is InChI=1S/C13H15ClN2O3/c14-11-3-1-2-9(6-11)10-7-16(8-10)13(19)15-5-4-12(17)18/h1-3,6,10H,4-5,7-8H2,(H,15,19)(H,17,18). The first-order valence-corrected chi connectivity index (χ1v) is 6.44. The van der Waals surface area contributed by atoms with Crippen molar-refractivity contribution >= 4 is 23.6 Å². The molecule has 5 nitrogen and oxygen atoms in total. The molecular formula is C13H15ClN2O3. The summed E-state index contributed by atoms with van der Waals surface area (Å²) in [5.74, 6) is -0.607. The number of carbonyl (C=O) groups excluding carboxylic acids is 1. The summed E-state index contributed by atoms with van der Waals surface area (Å²) in [6, 6.07) is 7.41. The van der Waals surface area contributed by atoms with Crippen LogP contribution in [0.15, 0.2) is 24.3 Å². The van der Waals surface area contributed by atoms with Gasteiger partial charge in [-0.05, 0) is 17.7 Å². The molecule has 1 fully saturated rings. The zero-order valence-electron chi connectivity index (χ0n) is 10.3. The molecule has 0 radical (unpaired) electrons. The molecule has 0 spiro atoms. The molecule has 102 valence electrons. The molecule has 1 aromatic rings. The van der Waals surface area contributed by atoms with Crippen molar-refractivity contribution in [2.24, 2.45) is 0 Å². The molecule has 6 heteroatoms. The van der Waals surface area contributed by atoms with E-state index in [2.05, 4.69) is 5.32 Å². The number of hydrogen-bond acceptors (Lipinski definition) is 2.